The second-order valence-corrected chi connectivity index (χ2v) is 4.13. The molecule has 1 rings (SSSR count). The Bertz CT molecular complexity index is 502. The van der Waals surface area contributed by atoms with Crippen molar-refractivity contribution in [2.45, 2.75) is 25.0 Å². The van der Waals surface area contributed by atoms with Gasteiger partial charge in [0.05, 0.1) is 6.10 Å². The highest BCUT2D eigenvalue weighted by Crippen LogP contribution is 2.30. The van der Waals surface area contributed by atoms with Gasteiger partial charge in [-0.2, -0.15) is 0 Å². The molecule has 0 amide bonds. The summed E-state index contributed by atoms with van der Waals surface area (Å²) in [6, 6.07) is 2.56. The summed E-state index contributed by atoms with van der Waals surface area (Å²) in [5.74, 6) is -2.63. The van der Waals surface area contributed by atoms with Crippen LogP contribution in [0.2, 0.25) is 0 Å². The summed E-state index contributed by atoms with van der Waals surface area (Å²) in [4.78, 5) is 10.8. The smallest absolute Gasteiger partial charge is 0.478 e. The first kappa shape index (κ1) is 17.2. The van der Waals surface area contributed by atoms with Gasteiger partial charge in [-0.15, -0.1) is 13.2 Å². The van der Waals surface area contributed by atoms with Crippen molar-refractivity contribution in [2.75, 3.05) is 6.61 Å². The Kier molecular flexibility index (Phi) is 5.53. The molecule has 0 bridgehead atoms. The molecule has 0 aliphatic heterocycles. The number of hydrogen-bond acceptors (Lipinski definition) is 5. The lowest BCUT2D eigenvalue weighted by atomic mass is 10.0. The lowest BCUT2D eigenvalue weighted by Gasteiger charge is -2.19. The van der Waals surface area contributed by atoms with Crippen molar-refractivity contribution < 1.29 is 43.1 Å². The monoisotopic (exact) mass is 310 g/mol. The van der Waals surface area contributed by atoms with E-state index < -0.39 is 42.5 Å². The van der Waals surface area contributed by atoms with Gasteiger partial charge < -0.3 is 25.2 Å². The van der Waals surface area contributed by atoms with E-state index in [-0.39, 0.29) is 12.0 Å². The summed E-state index contributed by atoms with van der Waals surface area (Å²) < 4.78 is 40.3. The number of aromatic carboxylic acids is 1. The molecule has 0 heterocycles. The Labute approximate surface area is 117 Å². The fraction of sp³-hybridized carbons (Fsp3) is 0.417. The van der Waals surface area contributed by atoms with Gasteiger partial charge in [0.2, 0.25) is 0 Å². The topological polar surface area (TPSA) is 107 Å². The number of carboxylic acids is 1. The van der Waals surface area contributed by atoms with E-state index in [0.717, 1.165) is 12.1 Å². The van der Waals surface area contributed by atoms with E-state index in [1.165, 1.54) is 0 Å². The second kappa shape index (κ2) is 6.74. The molecule has 0 saturated heterocycles. The Morgan fingerprint density at radius 2 is 1.90 bits per heavy atom. The van der Waals surface area contributed by atoms with Crippen molar-refractivity contribution >= 4 is 5.97 Å². The van der Waals surface area contributed by atoms with Gasteiger partial charge in [0.15, 0.2) is 0 Å². The van der Waals surface area contributed by atoms with Crippen molar-refractivity contribution in [2.24, 2.45) is 0 Å². The normalized spacial score (nSPS) is 14.6. The van der Waals surface area contributed by atoms with Gasteiger partial charge in [0.1, 0.15) is 17.4 Å². The quantitative estimate of drug-likeness (QED) is 0.626. The largest absolute Gasteiger partial charge is 0.573 e. The van der Waals surface area contributed by atoms with Crippen LogP contribution < -0.4 is 4.74 Å². The zero-order valence-electron chi connectivity index (χ0n) is 10.5. The van der Waals surface area contributed by atoms with E-state index in [9.17, 15) is 28.2 Å². The fourth-order valence-corrected chi connectivity index (χ4v) is 1.62. The molecular weight excluding hydrogens is 297 g/mol. The minimum Gasteiger partial charge on any atom is -0.478 e. The van der Waals surface area contributed by atoms with Gasteiger partial charge >= 0.3 is 12.3 Å². The van der Waals surface area contributed by atoms with Gasteiger partial charge in [-0.3, -0.25) is 0 Å². The summed E-state index contributed by atoms with van der Waals surface area (Å²) in [5, 5.41) is 36.6. The van der Waals surface area contributed by atoms with Crippen LogP contribution in [0.25, 0.3) is 0 Å². The number of rotatable bonds is 6. The van der Waals surface area contributed by atoms with Gasteiger partial charge in [-0.1, -0.05) is 6.07 Å². The number of carbonyl (C=O) groups is 1. The van der Waals surface area contributed by atoms with Gasteiger partial charge in [0, 0.05) is 6.61 Å². The number of halogens is 3. The molecule has 9 heteroatoms. The predicted octanol–water partition coefficient (Wildman–Crippen LogP) is 1.06. The van der Waals surface area contributed by atoms with Crippen molar-refractivity contribution in [3.05, 3.63) is 29.3 Å². The molecule has 0 aliphatic rings. The maximum Gasteiger partial charge on any atom is 0.573 e. The Hall–Kier alpha value is -1.84. The van der Waals surface area contributed by atoms with E-state index in [0.29, 0.717) is 6.07 Å². The highest BCUT2D eigenvalue weighted by atomic mass is 19.4. The molecule has 2 unspecified atom stereocenters. The number of ether oxygens (including phenoxy) is 1. The van der Waals surface area contributed by atoms with E-state index in [1.807, 2.05) is 0 Å². The number of aliphatic hydroxyl groups is 3. The van der Waals surface area contributed by atoms with Gasteiger partial charge in [-0.05, 0) is 24.1 Å². The van der Waals surface area contributed by atoms with Crippen LogP contribution in [0.4, 0.5) is 13.2 Å². The molecule has 6 nitrogen and oxygen atoms in total. The van der Waals surface area contributed by atoms with Crippen LogP contribution >= 0.6 is 0 Å². The van der Waals surface area contributed by atoms with E-state index in [4.69, 9.17) is 10.2 Å². The molecule has 21 heavy (non-hydrogen) atoms. The van der Waals surface area contributed by atoms with Crippen molar-refractivity contribution in [3.8, 4) is 5.75 Å². The summed E-state index contributed by atoms with van der Waals surface area (Å²) in [6.45, 7) is -0.433. The average molecular weight is 310 g/mol. The molecule has 0 spiro atoms. The van der Waals surface area contributed by atoms with Gasteiger partial charge in [-0.25, -0.2) is 4.79 Å². The number of benzene rings is 1. The van der Waals surface area contributed by atoms with Crippen LogP contribution in [0.3, 0.4) is 0 Å². The first-order valence-electron chi connectivity index (χ1n) is 5.75. The molecule has 1 aromatic rings. The Morgan fingerprint density at radius 1 is 1.29 bits per heavy atom. The molecular formula is C12H13F3O6. The third-order valence-electron chi connectivity index (χ3n) is 2.59. The molecule has 1 aromatic carbocycles. The van der Waals surface area contributed by atoms with Crippen LogP contribution in [0.5, 0.6) is 5.75 Å². The van der Waals surface area contributed by atoms with E-state index >= 15 is 0 Å². The highest BCUT2D eigenvalue weighted by Gasteiger charge is 2.33. The number of hydrogen-bond donors (Lipinski definition) is 4. The maximum absolute atomic E-state index is 12.2. The minimum atomic E-state index is -5.10. The zero-order chi connectivity index (χ0) is 16.2. The number of aliphatic hydroxyl groups excluding tert-OH is 3. The molecule has 0 aromatic heterocycles. The third-order valence-corrected chi connectivity index (χ3v) is 2.59. The molecule has 2 atom stereocenters. The Morgan fingerprint density at radius 3 is 2.38 bits per heavy atom. The van der Waals surface area contributed by atoms with E-state index in [1.54, 1.807) is 0 Å². The minimum absolute atomic E-state index is 0.166. The summed E-state index contributed by atoms with van der Waals surface area (Å²) in [6.07, 6.45) is -8.30. The fourth-order valence-electron chi connectivity index (χ4n) is 1.62. The van der Waals surface area contributed by atoms with E-state index in [2.05, 4.69) is 4.74 Å². The Balaban J connectivity index is 3.14. The van der Waals surface area contributed by atoms with Crippen molar-refractivity contribution in [3.63, 3.8) is 0 Å². The maximum atomic E-state index is 12.2. The number of alkyl halides is 3. The van der Waals surface area contributed by atoms with Crippen molar-refractivity contribution in [1.29, 1.82) is 0 Å². The van der Waals surface area contributed by atoms with Crippen LogP contribution in [-0.2, 0) is 0 Å². The molecule has 0 saturated carbocycles. The molecule has 118 valence electrons. The summed E-state index contributed by atoms with van der Waals surface area (Å²) in [7, 11) is 0. The predicted molar refractivity (Wildman–Crippen MR) is 62.8 cm³/mol. The van der Waals surface area contributed by atoms with Crippen LogP contribution in [0, 0.1) is 0 Å². The number of carboxylic acid groups (broad SMARTS) is 1. The lowest BCUT2D eigenvalue weighted by Crippen LogP contribution is -2.21. The first-order valence-corrected chi connectivity index (χ1v) is 5.75. The molecule has 4 N–H and O–H groups in total. The summed E-state index contributed by atoms with van der Waals surface area (Å²) >= 11 is 0. The van der Waals surface area contributed by atoms with Gasteiger partial charge in [0.25, 0.3) is 0 Å². The van der Waals surface area contributed by atoms with Crippen LogP contribution in [0.1, 0.15) is 28.4 Å². The van der Waals surface area contributed by atoms with Crippen LogP contribution in [0.15, 0.2) is 18.2 Å². The standard InChI is InChI=1S/C12H13F3O6/c13-12(14,15)21-9-5-6(1-2-7(9)11(19)20)10(18)8(17)3-4-16/h1-2,5,8,10,16-18H,3-4H2,(H,19,20). The molecule has 0 aliphatic carbocycles. The molecule has 0 radical (unpaired) electrons. The average Bonchev–Trinajstić information content (AvgIpc) is 2.35. The zero-order valence-corrected chi connectivity index (χ0v) is 10.5. The molecule has 0 fully saturated rings. The highest BCUT2D eigenvalue weighted by molar-refractivity contribution is 5.91. The SMILES string of the molecule is O=C(O)c1ccc(C(O)C(O)CCO)cc1OC(F)(F)F. The third kappa shape index (κ3) is 4.88. The first-order chi connectivity index (χ1) is 9.65. The van der Waals surface area contributed by atoms with Crippen LogP contribution in [-0.4, -0.2) is 45.5 Å². The second-order valence-electron chi connectivity index (χ2n) is 4.13. The van der Waals surface area contributed by atoms with Crippen molar-refractivity contribution in [1.82, 2.24) is 0 Å². The summed E-state index contributed by atoms with van der Waals surface area (Å²) in [5.41, 5.74) is -0.903. The lowest BCUT2D eigenvalue weighted by molar-refractivity contribution is -0.274.